The molecule has 0 saturated heterocycles. The van der Waals surface area contributed by atoms with Crippen LogP contribution in [0.4, 0.5) is 0 Å². The largest absolute Gasteiger partial charge is 0 e. The molecule has 0 spiro atoms. The summed E-state index contributed by atoms with van der Waals surface area (Å²) in [6, 6.07) is 10.0. The van der Waals surface area contributed by atoms with Crippen LogP contribution in [-0.4, -0.2) is 11.3 Å². The van der Waals surface area contributed by atoms with Gasteiger partial charge in [0.2, 0.25) is 0 Å². The van der Waals surface area contributed by atoms with Gasteiger partial charge in [-0.25, -0.2) is 0 Å². The molecule has 0 amide bonds. The van der Waals surface area contributed by atoms with Gasteiger partial charge >= 0.3 is 172 Å². The van der Waals surface area contributed by atoms with E-state index in [1.165, 1.54) is 0 Å². The van der Waals surface area contributed by atoms with Gasteiger partial charge in [-0.3, -0.25) is 0 Å². The molecule has 0 aromatic heterocycles. The molecule has 12 heteroatoms. The summed E-state index contributed by atoms with van der Waals surface area (Å²) >= 11 is 2.17. The normalized spacial score (nSPS) is 3.83. The van der Waals surface area contributed by atoms with Crippen LogP contribution >= 0.6 is 0 Å². The molecule has 0 bridgehead atoms. The van der Waals surface area contributed by atoms with Crippen LogP contribution in [0.25, 0.3) is 0 Å². The van der Waals surface area contributed by atoms with Crippen LogP contribution in [0.2, 0.25) is 0 Å². The zero-order valence-corrected chi connectivity index (χ0v) is 17.9. The third kappa shape index (κ3) is 104. The molecule has 0 unspecified atom stereocenters. The van der Waals surface area contributed by atoms with E-state index >= 15 is 0 Å². The van der Waals surface area contributed by atoms with E-state index in [-0.39, 0.29) is 20.1 Å². The fourth-order valence-electron chi connectivity index (χ4n) is 0.687. The zero-order valence-electron chi connectivity index (χ0n) is 14.2. The summed E-state index contributed by atoms with van der Waals surface area (Å²) in [5.74, 6) is 0. The first-order valence-electron chi connectivity index (χ1n) is 4.80. The third-order valence-corrected chi connectivity index (χ3v) is 2.10. The van der Waals surface area contributed by atoms with Crippen LogP contribution in [0.15, 0.2) is 30.3 Å². The van der Waals surface area contributed by atoms with Gasteiger partial charge in [0.15, 0.2) is 0 Å². The van der Waals surface area contributed by atoms with Crippen molar-refractivity contribution in [2.24, 2.45) is 0 Å². The van der Waals surface area contributed by atoms with E-state index in [1.54, 1.807) is 7.11 Å². The van der Waals surface area contributed by atoms with Crippen molar-refractivity contribution in [1.82, 2.24) is 0 Å². The van der Waals surface area contributed by atoms with Crippen LogP contribution in [0.1, 0.15) is 5.56 Å². The summed E-state index contributed by atoms with van der Waals surface area (Å²) in [7, 11) is 1.68. The second-order valence-corrected chi connectivity index (χ2v) is 2.69. The molecule has 1 radical (unpaired) electrons. The molecule has 1 aromatic carbocycles. The maximum atomic E-state index is 7.50. The van der Waals surface area contributed by atoms with Gasteiger partial charge in [-0.2, -0.15) is 0 Å². The molecule has 0 aliphatic rings. The van der Waals surface area contributed by atoms with Gasteiger partial charge in [-0.05, 0) is 0 Å². The average Bonchev–Trinajstić information content (AvgIpc) is 2.90. The quantitative estimate of drug-likeness (QED) is 0.374. The molecule has 0 N–H and O–H groups in total. The smallest absolute Gasteiger partial charge is 0 e. The molecule has 0 saturated carbocycles. The van der Waals surface area contributed by atoms with Gasteiger partial charge in [0, 0.05) is 20.1 Å². The number of methoxy groups -OCH3 is 1. The molecule has 0 fully saturated rings. The van der Waals surface area contributed by atoms with Gasteiger partial charge in [-0.15, -0.1) is 0 Å². The van der Waals surface area contributed by atoms with Gasteiger partial charge < -0.3 is 0 Å². The van der Waals surface area contributed by atoms with Crippen LogP contribution in [-0.2, 0) is 85.2 Å². The van der Waals surface area contributed by atoms with Crippen LogP contribution in [0, 0.1) is 59.9 Å². The van der Waals surface area contributed by atoms with Crippen molar-refractivity contribution in [2.75, 3.05) is 7.11 Å². The van der Waals surface area contributed by atoms with Crippen LogP contribution in [0.5, 0.6) is 0 Å². The molecule has 150 valence electrons. The van der Waals surface area contributed by atoms with E-state index in [4.69, 9.17) is 46.6 Å². The Hall–Kier alpha value is -1.99. The van der Waals surface area contributed by atoms with Crippen LogP contribution < -0.4 is 0 Å². The Morgan fingerprint density at radius 1 is 0.586 bits per heavy atom. The fourth-order valence-corrected chi connectivity index (χ4v) is 0.997. The zero-order chi connectivity index (χ0) is 25.4. The third-order valence-electron chi connectivity index (χ3n) is 1.18. The van der Waals surface area contributed by atoms with Crippen molar-refractivity contribution in [1.29, 1.82) is 0 Å². The summed E-state index contributed by atoms with van der Waals surface area (Å²) in [6.45, 7) is 40.5. The minimum atomic E-state index is 0. The number of hydrogen-bond acceptors (Lipinski definition) is 1. The maximum absolute atomic E-state index is 7.50. The predicted molar refractivity (Wildman–Crippen MR) is 72.9 cm³/mol. The van der Waals surface area contributed by atoms with E-state index in [2.05, 4.69) is 78.3 Å². The monoisotopic (exact) mass is 566 g/mol. The summed E-state index contributed by atoms with van der Waals surface area (Å²) in [4.78, 5) is 0. The number of ether oxygens (including phenoxy) is 1. The molecule has 1 rings (SSSR count). The maximum Gasteiger partial charge on any atom is 0 e. The van der Waals surface area contributed by atoms with Gasteiger partial charge in [0.25, 0.3) is 0 Å². The molecular formula is C17H8O10Tc2. The van der Waals surface area contributed by atoms with E-state index in [0.29, 0.717) is 0 Å². The molecule has 10 nitrogen and oxygen atoms in total. The Labute approximate surface area is 191 Å². The average molecular weight is 568 g/mol. The van der Waals surface area contributed by atoms with E-state index < -0.39 is 0 Å². The Morgan fingerprint density at radius 2 is 0.793 bits per heavy atom. The van der Waals surface area contributed by atoms with Crippen LogP contribution in [0.3, 0.4) is 0 Å². The standard InChI is InChI=1S/C8H8O.9CO.2Tc/c1-9-7-8-5-3-2-4-6-8;9*1-2;;/h2-6H,1H3;;;;;;;;;;;. The number of benzene rings is 1. The first kappa shape index (κ1) is 63.2. The van der Waals surface area contributed by atoms with Crippen molar-refractivity contribution in [3.63, 3.8) is 0 Å². The molecule has 0 atom stereocenters. The molecule has 1 aromatic rings. The van der Waals surface area contributed by atoms with Crippen molar-refractivity contribution < 1.29 is 85.2 Å². The number of hydrogen-bond donors (Lipinski definition) is 0. The first-order valence-corrected chi connectivity index (χ1v) is 5.73. The molecule has 29 heavy (non-hydrogen) atoms. The Balaban J connectivity index is -0.0000000204. The van der Waals surface area contributed by atoms with E-state index in [9.17, 15) is 0 Å². The van der Waals surface area contributed by atoms with Crippen molar-refractivity contribution in [2.45, 2.75) is 0 Å². The summed E-state index contributed by atoms with van der Waals surface area (Å²) in [6.07, 6.45) is 0. The Morgan fingerprint density at radius 3 is 0.966 bits per heavy atom. The summed E-state index contributed by atoms with van der Waals surface area (Å²) < 4.78 is 73.5. The molecule has 0 aliphatic carbocycles. The van der Waals surface area contributed by atoms with Crippen molar-refractivity contribution >= 4 is 4.21 Å². The number of rotatable bonds is 2. The molecular weight excluding hydrogens is 560 g/mol. The van der Waals surface area contributed by atoms with Gasteiger partial charge in [0.1, 0.15) is 0 Å². The van der Waals surface area contributed by atoms with E-state index in [0.717, 1.165) is 9.77 Å². The Kier molecular flexibility index (Phi) is 354. The summed E-state index contributed by atoms with van der Waals surface area (Å²) in [5, 5.41) is 0. The topological polar surface area (TPSA) is 188 Å². The fraction of sp³-hybridized carbons (Fsp3) is 0.0588. The molecule has 0 heterocycles. The van der Waals surface area contributed by atoms with Crippen molar-refractivity contribution in [3.05, 3.63) is 95.7 Å². The van der Waals surface area contributed by atoms with Gasteiger partial charge in [-0.1, -0.05) is 0 Å². The van der Waals surface area contributed by atoms with E-state index in [1.807, 2.05) is 30.3 Å². The summed E-state index contributed by atoms with van der Waals surface area (Å²) in [5.41, 5.74) is 1.13. The van der Waals surface area contributed by atoms with Crippen molar-refractivity contribution in [3.8, 4) is 0 Å². The second-order valence-electron chi connectivity index (χ2n) is 1.84. The minimum Gasteiger partial charge on any atom is 0 e. The second kappa shape index (κ2) is 162. The predicted octanol–water partition coefficient (Wildman–Crippen LogP) is 1.02. The first-order chi connectivity index (χ1) is 13.8. The molecule has 0 aliphatic heterocycles. The minimum absolute atomic E-state index is 0. The Bertz CT molecular complexity index is 479. The SMILES string of the molecule is CO[C](=[Tc])c1ccccc1.[C-]#[O+].[C-]#[O+].[C-]#[O+].[C-]#[O+].[C-]#[O+].[C-]#[O+].[C-]#[O+].[C-]#[O+].[C-]#[O+].[Tc]. The van der Waals surface area contributed by atoms with Gasteiger partial charge in [0.05, 0.1) is 0 Å².